The highest BCUT2D eigenvalue weighted by molar-refractivity contribution is 7.88. The van der Waals surface area contributed by atoms with Gasteiger partial charge in [0.15, 0.2) is 0 Å². The number of nitrogens with one attached hydrogen (secondary N) is 1. The van der Waals surface area contributed by atoms with Crippen LogP contribution in [0.25, 0.3) is 0 Å². The van der Waals surface area contributed by atoms with Crippen LogP contribution < -0.4 is 9.46 Å². The van der Waals surface area contributed by atoms with Gasteiger partial charge in [0.2, 0.25) is 10.0 Å². The molecule has 1 aromatic rings. The van der Waals surface area contributed by atoms with Crippen molar-refractivity contribution in [2.45, 2.75) is 19.0 Å². The van der Waals surface area contributed by atoms with Crippen LogP contribution in [0.2, 0.25) is 0 Å². The first-order valence-corrected chi connectivity index (χ1v) is 8.71. The number of terminal acetylenes is 1. The first-order chi connectivity index (χ1) is 9.98. The predicted octanol–water partition coefficient (Wildman–Crippen LogP) is 0.822. The Labute approximate surface area is 126 Å². The van der Waals surface area contributed by atoms with Crippen molar-refractivity contribution in [3.63, 3.8) is 0 Å². The van der Waals surface area contributed by atoms with Crippen molar-refractivity contribution < 1.29 is 13.2 Å². The SMILES string of the molecule is C#CCOc1ccccc1CN1CCC(NS(C)(=O)=O)C1. The fourth-order valence-corrected chi connectivity index (χ4v) is 3.31. The summed E-state index contributed by atoms with van der Waals surface area (Å²) in [6, 6.07) is 7.75. The summed E-state index contributed by atoms with van der Waals surface area (Å²) in [5, 5.41) is 0. The molecule has 21 heavy (non-hydrogen) atoms. The van der Waals surface area contributed by atoms with Crippen molar-refractivity contribution in [3.05, 3.63) is 29.8 Å². The van der Waals surface area contributed by atoms with E-state index >= 15 is 0 Å². The number of benzene rings is 1. The van der Waals surface area contributed by atoms with Crippen molar-refractivity contribution in [2.75, 3.05) is 26.0 Å². The standard InChI is InChI=1S/C15H20N2O3S/c1-3-10-20-15-7-5-4-6-13(15)11-17-9-8-14(12-17)16-21(2,18)19/h1,4-7,14,16H,8-12H2,2H3. The minimum absolute atomic E-state index is 0.0150. The van der Waals surface area contributed by atoms with E-state index in [1.54, 1.807) is 0 Å². The van der Waals surface area contributed by atoms with E-state index in [9.17, 15) is 8.42 Å². The molecule has 1 atom stereocenters. The molecule has 1 heterocycles. The van der Waals surface area contributed by atoms with Gasteiger partial charge in [0.25, 0.3) is 0 Å². The Bertz CT molecular complexity index is 622. The van der Waals surface area contributed by atoms with Gasteiger partial charge in [-0.05, 0) is 12.5 Å². The van der Waals surface area contributed by atoms with Gasteiger partial charge in [-0.3, -0.25) is 4.90 Å². The van der Waals surface area contributed by atoms with E-state index < -0.39 is 10.0 Å². The van der Waals surface area contributed by atoms with Crippen LogP contribution in [0.5, 0.6) is 5.75 Å². The smallest absolute Gasteiger partial charge is 0.208 e. The van der Waals surface area contributed by atoms with Crippen molar-refractivity contribution in [2.24, 2.45) is 0 Å². The molecule has 0 spiro atoms. The molecular weight excluding hydrogens is 288 g/mol. The molecular formula is C15H20N2O3S. The highest BCUT2D eigenvalue weighted by Crippen LogP contribution is 2.22. The number of sulfonamides is 1. The average molecular weight is 308 g/mol. The quantitative estimate of drug-likeness (QED) is 0.791. The summed E-state index contributed by atoms with van der Waals surface area (Å²) in [6.45, 7) is 2.53. The lowest BCUT2D eigenvalue weighted by Crippen LogP contribution is -2.36. The minimum Gasteiger partial charge on any atom is -0.481 e. The van der Waals surface area contributed by atoms with Gasteiger partial charge >= 0.3 is 0 Å². The van der Waals surface area contributed by atoms with Gasteiger partial charge in [-0.15, -0.1) is 6.42 Å². The molecule has 0 bridgehead atoms. The first kappa shape index (κ1) is 15.8. The van der Waals surface area contributed by atoms with E-state index in [2.05, 4.69) is 15.5 Å². The number of nitrogens with zero attached hydrogens (tertiary/aromatic N) is 1. The number of likely N-dealkylation sites (tertiary alicyclic amines) is 1. The van der Waals surface area contributed by atoms with Crippen molar-refractivity contribution in [1.29, 1.82) is 0 Å². The largest absolute Gasteiger partial charge is 0.481 e. The topological polar surface area (TPSA) is 58.6 Å². The maximum Gasteiger partial charge on any atom is 0.208 e. The van der Waals surface area contributed by atoms with Gasteiger partial charge < -0.3 is 4.74 Å². The number of rotatable bonds is 6. The maximum absolute atomic E-state index is 11.3. The third kappa shape index (κ3) is 5.05. The number of para-hydroxylation sites is 1. The normalized spacial score (nSPS) is 19.3. The number of ether oxygens (including phenoxy) is 1. The van der Waals surface area contributed by atoms with E-state index in [4.69, 9.17) is 11.2 Å². The molecule has 1 fully saturated rings. The predicted molar refractivity (Wildman–Crippen MR) is 82.4 cm³/mol. The molecule has 0 saturated carbocycles. The molecule has 6 heteroatoms. The third-order valence-electron chi connectivity index (χ3n) is 3.33. The summed E-state index contributed by atoms with van der Waals surface area (Å²) in [5.41, 5.74) is 1.06. The molecule has 0 aromatic heterocycles. The van der Waals surface area contributed by atoms with E-state index in [1.165, 1.54) is 6.26 Å². The van der Waals surface area contributed by atoms with E-state index in [1.807, 2.05) is 24.3 Å². The Kier molecular flexibility index (Phi) is 5.23. The monoisotopic (exact) mass is 308 g/mol. The Morgan fingerprint density at radius 2 is 2.24 bits per heavy atom. The molecule has 1 aliphatic heterocycles. The molecule has 1 aromatic carbocycles. The Balaban J connectivity index is 1.96. The zero-order chi connectivity index (χ0) is 15.3. The number of hydrogen-bond donors (Lipinski definition) is 1. The van der Waals surface area contributed by atoms with Crippen molar-refractivity contribution in [1.82, 2.24) is 9.62 Å². The van der Waals surface area contributed by atoms with E-state index in [-0.39, 0.29) is 12.6 Å². The second-order valence-corrected chi connectivity index (χ2v) is 6.99. The summed E-state index contributed by atoms with van der Waals surface area (Å²) >= 11 is 0. The van der Waals surface area contributed by atoms with E-state index in [0.717, 1.165) is 30.8 Å². The van der Waals surface area contributed by atoms with Crippen LogP contribution in [0.3, 0.4) is 0 Å². The van der Waals surface area contributed by atoms with Crippen molar-refractivity contribution >= 4 is 10.0 Å². The fourth-order valence-electron chi connectivity index (χ4n) is 2.51. The van der Waals surface area contributed by atoms with Gasteiger partial charge in [-0.25, -0.2) is 13.1 Å². The summed E-state index contributed by atoms with van der Waals surface area (Å²) < 4.78 is 30.7. The zero-order valence-electron chi connectivity index (χ0n) is 12.1. The zero-order valence-corrected chi connectivity index (χ0v) is 12.9. The van der Waals surface area contributed by atoms with Gasteiger partial charge in [0, 0.05) is 31.2 Å². The summed E-state index contributed by atoms with van der Waals surface area (Å²) in [4.78, 5) is 2.21. The molecule has 0 aliphatic carbocycles. The van der Waals surface area contributed by atoms with Gasteiger partial charge in [-0.1, -0.05) is 24.1 Å². The van der Waals surface area contributed by atoms with E-state index in [0.29, 0.717) is 6.54 Å². The van der Waals surface area contributed by atoms with Crippen LogP contribution in [0.4, 0.5) is 0 Å². The van der Waals surface area contributed by atoms with Crippen LogP contribution in [0, 0.1) is 12.3 Å². The molecule has 5 nitrogen and oxygen atoms in total. The van der Waals surface area contributed by atoms with Gasteiger partial charge in [-0.2, -0.15) is 0 Å². The Morgan fingerprint density at radius 1 is 1.48 bits per heavy atom. The van der Waals surface area contributed by atoms with Crippen LogP contribution >= 0.6 is 0 Å². The van der Waals surface area contributed by atoms with Crippen LogP contribution in [0.15, 0.2) is 24.3 Å². The molecule has 1 unspecified atom stereocenters. The first-order valence-electron chi connectivity index (χ1n) is 6.82. The molecule has 1 N–H and O–H groups in total. The van der Waals surface area contributed by atoms with Gasteiger partial charge in [0.05, 0.1) is 6.26 Å². The Morgan fingerprint density at radius 3 is 2.95 bits per heavy atom. The molecule has 114 valence electrons. The fraction of sp³-hybridized carbons (Fsp3) is 0.467. The second kappa shape index (κ2) is 6.94. The summed E-state index contributed by atoms with van der Waals surface area (Å²) in [7, 11) is -3.15. The molecule has 0 radical (unpaired) electrons. The molecule has 1 saturated heterocycles. The highest BCUT2D eigenvalue weighted by atomic mass is 32.2. The minimum atomic E-state index is -3.15. The lowest BCUT2D eigenvalue weighted by Gasteiger charge is -2.18. The lowest BCUT2D eigenvalue weighted by molar-refractivity contribution is 0.309. The Hall–Kier alpha value is -1.55. The average Bonchev–Trinajstić information content (AvgIpc) is 2.83. The van der Waals surface area contributed by atoms with Crippen molar-refractivity contribution in [3.8, 4) is 18.1 Å². The molecule has 0 amide bonds. The second-order valence-electron chi connectivity index (χ2n) is 5.21. The van der Waals surface area contributed by atoms with Crippen LogP contribution in [0.1, 0.15) is 12.0 Å². The van der Waals surface area contributed by atoms with Crippen LogP contribution in [-0.2, 0) is 16.6 Å². The summed E-state index contributed by atoms with van der Waals surface area (Å²) in [6.07, 6.45) is 7.23. The lowest BCUT2D eigenvalue weighted by atomic mass is 10.2. The highest BCUT2D eigenvalue weighted by Gasteiger charge is 2.25. The van der Waals surface area contributed by atoms with Gasteiger partial charge in [0.1, 0.15) is 12.4 Å². The number of hydrogen-bond acceptors (Lipinski definition) is 4. The molecule has 2 rings (SSSR count). The molecule has 1 aliphatic rings. The summed E-state index contributed by atoms with van der Waals surface area (Å²) in [5.74, 6) is 3.24. The maximum atomic E-state index is 11.3. The van der Waals surface area contributed by atoms with Crippen LogP contribution in [-0.4, -0.2) is 45.3 Å². The third-order valence-corrected chi connectivity index (χ3v) is 4.09.